The number of methoxy groups -OCH3 is 1. The van der Waals surface area contributed by atoms with Gasteiger partial charge in [-0.05, 0) is 86.1 Å². The van der Waals surface area contributed by atoms with Crippen LogP contribution in [0.1, 0.15) is 54.1 Å². The Morgan fingerprint density at radius 1 is 1.05 bits per heavy atom. The molecular weight excluding hydrogens is 476 g/mol. The second kappa shape index (κ2) is 10.7. The minimum absolute atomic E-state index is 0.136. The number of amides is 1. The number of nitrogens with zero attached hydrogens (tertiary/aromatic N) is 4. The molecule has 2 fully saturated rings. The van der Waals surface area contributed by atoms with Crippen LogP contribution in [-0.2, 0) is 16.0 Å². The van der Waals surface area contributed by atoms with E-state index in [1.165, 1.54) is 16.8 Å². The molecule has 0 bridgehead atoms. The number of ether oxygens (including phenoxy) is 2. The van der Waals surface area contributed by atoms with Gasteiger partial charge in [-0.15, -0.1) is 0 Å². The second-order valence-corrected chi connectivity index (χ2v) is 10.5. The lowest BCUT2D eigenvalue weighted by molar-refractivity contribution is -0.131. The third kappa shape index (κ3) is 4.83. The summed E-state index contributed by atoms with van der Waals surface area (Å²) in [5.41, 5.74) is 7.70. The van der Waals surface area contributed by atoms with Crippen molar-refractivity contribution in [2.24, 2.45) is 0 Å². The molecule has 2 saturated heterocycles. The van der Waals surface area contributed by atoms with Crippen LogP contribution in [0.3, 0.4) is 0 Å². The van der Waals surface area contributed by atoms with Crippen LogP contribution in [0.4, 0.5) is 5.69 Å². The van der Waals surface area contributed by atoms with Gasteiger partial charge in [0.1, 0.15) is 5.75 Å². The van der Waals surface area contributed by atoms with E-state index in [-0.39, 0.29) is 11.9 Å². The summed E-state index contributed by atoms with van der Waals surface area (Å²) >= 11 is 0. The van der Waals surface area contributed by atoms with Gasteiger partial charge in [-0.25, -0.2) is 4.98 Å². The van der Waals surface area contributed by atoms with Gasteiger partial charge in [-0.1, -0.05) is 12.1 Å². The number of piperidine rings is 1. The third-order valence-electron chi connectivity index (χ3n) is 8.08. The molecule has 2 aromatic carbocycles. The summed E-state index contributed by atoms with van der Waals surface area (Å²) in [7, 11) is 1.68. The van der Waals surface area contributed by atoms with E-state index >= 15 is 0 Å². The Kier molecular flexibility index (Phi) is 6.94. The second-order valence-electron chi connectivity index (χ2n) is 10.5. The average molecular weight is 513 g/mol. The van der Waals surface area contributed by atoms with Crippen molar-refractivity contribution in [3.8, 4) is 11.4 Å². The first kappa shape index (κ1) is 24.7. The molecule has 3 aromatic rings. The van der Waals surface area contributed by atoms with Gasteiger partial charge in [0.2, 0.25) is 5.91 Å². The van der Waals surface area contributed by atoms with Gasteiger partial charge in [-0.2, -0.15) is 0 Å². The summed E-state index contributed by atoms with van der Waals surface area (Å²) < 4.78 is 13.2. The highest BCUT2D eigenvalue weighted by Gasteiger charge is 2.33. The molecule has 0 radical (unpaired) electrons. The zero-order chi connectivity index (χ0) is 26.1. The summed E-state index contributed by atoms with van der Waals surface area (Å²) in [6.07, 6.45) is 10.8. The highest BCUT2D eigenvalue weighted by molar-refractivity contribution is 5.99. The number of benzene rings is 2. The average Bonchev–Trinajstić information content (AvgIpc) is 3.40. The number of rotatable bonds is 5. The van der Waals surface area contributed by atoms with Crippen molar-refractivity contribution in [1.29, 1.82) is 0 Å². The largest absolute Gasteiger partial charge is 0.495 e. The normalized spacial score (nSPS) is 21.1. The fourth-order valence-electron chi connectivity index (χ4n) is 6.12. The smallest absolute Gasteiger partial charge is 0.250 e. The van der Waals surface area contributed by atoms with Crippen LogP contribution in [-0.4, -0.2) is 60.3 Å². The van der Waals surface area contributed by atoms with E-state index in [2.05, 4.69) is 39.0 Å². The van der Waals surface area contributed by atoms with Gasteiger partial charge in [0, 0.05) is 37.1 Å². The zero-order valence-electron chi connectivity index (χ0n) is 22.4. The van der Waals surface area contributed by atoms with Crippen LogP contribution in [0, 0.1) is 6.92 Å². The Morgan fingerprint density at radius 3 is 2.71 bits per heavy atom. The van der Waals surface area contributed by atoms with E-state index in [0.29, 0.717) is 0 Å². The number of imidazole rings is 1. The van der Waals surface area contributed by atoms with Crippen LogP contribution >= 0.6 is 0 Å². The van der Waals surface area contributed by atoms with Gasteiger partial charge in [0.25, 0.3) is 0 Å². The summed E-state index contributed by atoms with van der Waals surface area (Å²) in [4.78, 5) is 22.7. The maximum absolute atomic E-state index is 13.9. The molecule has 0 saturated carbocycles. The summed E-state index contributed by atoms with van der Waals surface area (Å²) in [5, 5.41) is 0. The highest BCUT2D eigenvalue weighted by atomic mass is 16.5. The predicted molar refractivity (Wildman–Crippen MR) is 149 cm³/mol. The molecule has 198 valence electrons. The van der Waals surface area contributed by atoms with Crippen molar-refractivity contribution in [2.75, 3.05) is 44.9 Å². The van der Waals surface area contributed by atoms with Crippen molar-refractivity contribution >= 4 is 17.7 Å². The number of morpholine rings is 1. The minimum atomic E-state index is 0.136. The zero-order valence-corrected chi connectivity index (χ0v) is 22.4. The maximum atomic E-state index is 13.9. The first-order valence-corrected chi connectivity index (χ1v) is 13.8. The van der Waals surface area contributed by atoms with Crippen LogP contribution in [0.15, 0.2) is 54.5 Å². The Balaban J connectivity index is 1.27. The molecule has 1 aliphatic carbocycles. The minimum Gasteiger partial charge on any atom is -0.495 e. The van der Waals surface area contributed by atoms with Crippen molar-refractivity contribution < 1.29 is 14.3 Å². The molecule has 7 heteroatoms. The van der Waals surface area contributed by atoms with Crippen LogP contribution in [0.5, 0.6) is 5.75 Å². The summed E-state index contributed by atoms with van der Waals surface area (Å²) in [6, 6.07) is 13.1. The quantitative estimate of drug-likeness (QED) is 0.445. The number of hydrogen-bond donors (Lipinski definition) is 0. The van der Waals surface area contributed by atoms with Crippen LogP contribution in [0.2, 0.25) is 0 Å². The predicted octanol–water partition coefficient (Wildman–Crippen LogP) is 5.11. The van der Waals surface area contributed by atoms with E-state index in [4.69, 9.17) is 9.47 Å². The number of fused-ring (bicyclic) bond motifs is 1. The summed E-state index contributed by atoms with van der Waals surface area (Å²) in [5.74, 6) is 0.924. The lowest BCUT2D eigenvalue weighted by Gasteiger charge is -2.39. The molecular formula is C31H36N4O3. The third-order valence-corrected chi connectivity index (χ3v) is 8.08. The number of anilines is 1. The molecule has 38 heavy (non-hydrogen) atoms. The Labute approximate surface area is 224 Å². The lowest BCUT2D eigenvalue weighted by atomic mass is 9.85. The molecule has 0 unspecified atom stereocenters. The maximum Gasteiger partial charge on any atom is 0.250 e. The van der Waals surface area contributed by atoms with E-state index in [0.717, 1.165) is 93.2 Å². The molecule has 1 aromatic heterocycles. The molecule has 3 heterocycles. The number of aromatic nitrogens is 2. The highest BCUT2D eigenvalue weighted by Crippen LogP contribution is 2.39. The van der Waals surface area contributed by atoms with Crippen molar-refractivity contribution in [3.05, 3.63) is 76.9 Å². The lowest BCUT2D eigenvalue weighted by Crippen LogP contribution is -2.41. The number of hydrogen-bond acceptors (Lipinski definition) is 5. The fraction of sp³-hybridized carbons (Fsp3) is 0.419. The van der Waals surface area contributed by atoms with E-state index in [9.17, 15) is 4.79 Å². The van der Waals surface area contributed by atoms with Crippen LogP contribution < -0.4 is 9.64 Å². The first-order valence-electron chi connectivity index (χ1n) is 13.8. The van der Waals surface area contributed by atoms with Crippen LogP contribution in [0.25, 0.3) is 11.8 Å². The molecule has 6 rings (SSSR count). The van der Waals surface area contributed by atoms with Crippen molar-refractivity contribution in [2.45, 2.75) is 45.1 Å². The molecule has 2 aliphatic heterocycles. The first-order chi connectivity index (χ1) is 18.6. The molecule has 0 N–H and O–H groups in total. The molecule has 1 atom stereocenters. The summed E-state index contributed by atoms with van der Waals surface area (Å²) in [6.45, 7) is 6.16. The van der Waals surface area contributed by atoms with Crippen molar-refractivity contribution in [1.82, 2.24) is 14.5 Å². The number of likely N-dealkylation sites (tertiary alicyclic amines) is 1. The van der Waals surface area contributed by atoms with E-state index in [1.54, 1.807) is 13.4 Å². The van der Waals surface area contributed by atoms with Gasteiger partial charge in [0.05, 0.1) is 44.1 Å². The Bertz CT molecular complexity index is 1350. The Hall–Kier alpha value is -3.58. The van der Waals surface area contributed by atoms with Gasteiger partial charge < -0.3 is 23.8 Å². The Morgan fingerprint density at radius 2 is 1.92 bits per heavy atom. The number of aryl methyl sites for hydroxylation is 2. The van der Waals surface area contributed by atoms with E-state index in [1.807, 2.05) is 35.9 Å². The fourth-order valence-corrected chi connectivity index (χ4v) is 6.12. The monoisotopic (exact) mass is 512 g/mol. The topological polar surface area (TPSA) is 59.8 Å². The van der Waals surface area contributed by atoms with Gasteiger partial charge in [0.15, 0.2) is 0 Å². The number of carbonyl (C=O) groups excluding carboxylic acids is 1. The number of carbonyl (C=O) groups is 1. The van der Waals surface area contributed by atoms with Gasteiger partial charge >= 0.3 is 0 Å². The standard InChI is InChI=1S/C31H36N4O3/c1-22-20-34(21-32-22)29-11-8-23(18-30(29)37-2)17-25-6-4-12-35(31(25)36)28-7-3-5-24-9-10-26(19-27(24)28)33-13-15-38-16-14-33/h8-11,17-21,28H,3-7,12-16H2,1-2H3/b25-17+/t28-/m0/s1. The van der Waals surface area contributed by atoms with Crippen molar-refractivity contribution in [3.63, 3.8) is 0 Å². The van der Waals surface area contributed by atoms with E-state index < -0.39 is 0 Å². The molecule has 7 nitrogen and oxygen atoms in total. The van der Waals surface area contributed by atoms with Gasteiger partial charge in [-0.3, -0.25) is 4.79 Å². The molecule has 1 amide bonds. The SMILES string of the molecule is COc1cc(/C=C2\CCCN([C@H]3CCCc4ccc(N5CCOCC5)cc43)C2=O)ccc1-n1cnc(C)c1. The molecule has 3 aliphatic rings. The molecule has 0 spiro atoms.